The standard InChI is InChI=1S/C23H23Br2N3O/c1-16(27-9-7-18(8-10-27)11-17-5-3-2-4-6-17)22-14-28(15-26-22)19-12-20(24)23(29)21(25)13-19/h2-6,12-15,18,29H,1,7-11H2. The lowest BCUT2D eigenvalue weighted by Crippen LogP contribution is -2.33. The van der Waals surface area contributed by atoms with E-state index in [2.05, 4.69) is 78.7 Å². The van der Waals surface area contributed by atoms with Crippen molar-refractivity contribution in [3.05, 3.63) is 81.8 Å². The minimum absolute atomic E-state index is 0.192. The quantitative estimate of drug-likeness (QED) is 0.450. The average Bonchev–Trinajstić information content (AvgIpc) is 3.23. The van der Waals surface area contributed by atoms with Crippen molar-refractivity contribution in [2.45, 2.75) is 19.3 Å². The Morgan fingerprint density at radius 3 is 2.41 bits per heavy atom. The van der Waals surface area contributed by atoms with Crippen LogP contribution in [0.3, 0.4) is 0 Å². The minimum atomic E-state index is 0.192. The van der Waals surface area contributed by atoms with Crippen LogP contribution in [-0.2, 0) is 6.42 Å². The normalized spacial score (nSPS) is 14.9. The number of aromatic nitrogens is 2. The second kappa shape index (κ2) is 8.76. The molecule has 0 amide bonds. The first-order valence-corrected chi connectivity index (χ1v) is 11.3. The van der Waals surface area contributed by atoms with Crippen molar-refractivity contribution in [2.24, 2.45) is 5.92 Å². The van der Waals surface area contributed by atoms with Crippen molar-refractivity contribution in [1.82, 2.24) is 14.5 Å². The number of imidazole rings is 1. The molecule has 1 aromatic heterocycles. The number of nitrogens with zero attached hydrogens (tertiary/aromatic N) is 3. The molecule has 3 aromatic rings. The van der Waals surface area contributed by atoms with Crippen LogP contribution in [0.15, 0.2) is 70.5 Å². The average molecular weight is 517 g/mol. The molecular weight excluding hydrogens is 494 g/mol. The third-order valence-electron chi connectivity index (χ3n) is 5.54. The van der Waals surface area contributed by atoms with Crippen LogP contribution < -0.4 is 0 Å². The van der Waals surface area contributed by atoms with Gasteiger partial charge < -0.3 is 14.6 Å². The molecule has 0 unspecified atom stereocenters. The predicted octanol–water partition coefficient (Wildman–Crippen LogP) is 6.03. The highest BCUT2D eigenvalue weighted by Gasteiger charge is 2.22. The monoisotopic (exact) mass is 515 g/mol. The van der Waals surface area contributed by atoms with Gasteiger partial charge in [0, 0.05) is 25.0 Å². The SMILES string of the molecule is C=C(c1cn(-c2cc(Br)c(O)c(Br)c2)cn1)N1CCC(Cc2ccccc2)CC1. The molecule has 0 saturated carbocycles. The predicted molar refractivity (Wildman–Crippen MR) is 124 cm³/mol. The smallest absolute Gasteiger partial charge is 0.144 e. The fourth-order valence-electron chi connectivity index (χ4n) is 3.83. The van der Waals surface area contributed by atoms with Gasteiger partial charge in [0.2, 0.25) is 0 Å². The summed E-state index contributed by atoms with van der Waals surface area (Å²) in [6.07, 6.45) is 7.27. The molecule has 1 saturated heterocycles. The molecule has 1 aliphatic heterocycles. The number of halogens is 2. The van der Waals surface area contributed by atoms with Crippen LogP contribution >= 0.6 is 31.9 Å². The zero-order valence-corrected chi connectivity index (χ0v) is 19.2. The summed E-state index contributed by atoms with van der Waals surface area (Å²) >= 11 is 6.76. The molecule has 1 N–H and O–H groups in total. The molecule has 0 spiro atoms. The molecule has 0 radical (unpaired) electrons. The van der Waals surface area contributed by atoms with Gasteiger partial charge in [0.25, 0.3) is 0 Å². The van der Waals surface area contributed by atoms with Crippen molar-refractivity contribution in [1.29, 1.82) is 0 Å². The fraction of sp³-hybridized carbons (Fsp3) is 0.261. The van der Waals surface area contributed by atoms with Crippen molar-refractivity contribution >= 4 is 37.6 Å². The van der Waals surface area contributed by atoms with Crippen LogP contribution in [-0.4, -0.2) is 32.6 Å². The Balaban J connectivity index is 1.40. The van der Waals surface area contributed by atoms with Crippen molar-refractivity contribution in [3.8, 4) is 11.4 Å². The highest BCUT2D eigenvalue weighted by atomic mass is 79.9. The molecule has 1 aliphatic rings. The zero-order chi connectivity index (χ0) is 20.4. The van der Waals surface area contributed by atoms with E-state index in [0.29, 0.717) is 8.95 Å². The second-order valence-electron chi connectivity index (χ2n) is 7.49. The summed E-state index contributed by atoms with van der Waals surface area (Å²) in [6, 6.07) is 14.5. The first-order chi connectivity index (χ1) is 14.0. The van der Waals surface area contributed by atoms with Gasteiger partial charge in [0.05, 0.1) is 21.0 Å². The minimum Gasteiger partial charge on any atom is -0.506 e. The van der Waals surface area contributed by atoms with Gasteiger partial charge in [-0.2, -0.15) is 0 Å². The number of benzene rings is 2. The highest BCUT2D eigenvalue weighted by Crippen LogP contribution is 2.35. The molecule has 2 heterocycles. The van der Waals surface area contributed by atoms with E-state index in [-0.39, 0.29) is 5.75 Å². The molecule has 0 aliphatic carbocycles. The molecule has 150 valence electrons. The topological polar surface area (TPSA) is 41.3 Å². The Morgan fingerprint density at radius 2 is 1.76 bits per heavy atom. The van der Waals surface area contributed by atoms with E-state index in [9.17, 15) is 5.11 Å². The third-order valence-corrected chi connectivity index (χ3v) is 6.75. The molecule has 1 fully saturated rings. The molecule has 4 nitrogen and oxygen atoms in total. The van der Waals surface area contributed by atoms with E-state index in [0.717, 1.165) is 42.5 Å². The van der Waals surface area contributed by atoms with Crippen LogP contribution in [0.5, 0.6) is 5.75 Å². The summed E-state index contributed by atoms with van der Waals surface area (Å²) in [7, 11) is 0. The van der Waals surface area contributed by atoms with Gasteiger partial charge in [0.1, 0.15) is 11.4 Å². The van der Waals surface area contributed by atoms with E-state index in [1.165, 1.54) is 18.4 Å². The van der Waals surface area contributed by atoms with Crippen LogP contribution in [0.25, 0.3) is 11.4 Å². The number of phenolic OH excluding ortho intramolecular Hbond substituents is 1. The number of rotatable bonds is 5. The maximum absolute atomic E-state index is 9.92. The van der Waals surface area contributed by atoms with Gasteiger partial charge in [-0.05, 0) is 74.7 Å². The largest absolute Gasteiger partial charge is 0.506 e. The lowest BCUT2D eigenvalue weighted by atomic mass is 9.90. The molecule has 29 heavy (non-hydrogen) atoms. The highest BCUT2D eigenvalue weighted by molar-refractivity contribution is 9.11. The molecule has 0 atom stereocenters. The number of aromatic hydroxyl groups is 1. The second-order valence-corrected chi connectivity index (χ2v) is 9.20. The first kappa shape index (κ1) is 20.2. The van der Waals surface area contributed by atoms with Crippen molar-refractivity contribution < 1.29 is 5.11 Å². The maximum atomic E-state index is 9.92. The Hall–Kier alpha value is -2.05. The van der Waals surface area contributed by atoms with E-state index < -0.39 is 0 Å². The van der Waals surface area contributed by atoms with Crippen molar-refractivity contribution in [2.75, 3.05) is 13.1 Å². The van der Waals surface area contributed by atoms with Crippen LogP contribution in [0.2, 0.25) is 0 Å². The van der Waals surface area contributed by atoms with Gasteiger partial charge in [0.15, 0.2) is 0 Å². The van der Waals surface area contributed by atoms with Crippen LogP contribution in [0, 0.1) is 5.92 Å². The lowest BCUT2D eigenvalue weighted by Gasteiger charge is -2.34. The van der Waals surface area contributed by atoms with E-state index in [1.807, 2.05) is 22.9 Å². The summed E-state index contributed by atoms with van der Waals surface area (Å²) < 4.78 is 3.21. The van der Waals surface area contributed by atoms with Gasteiger partial charge in [-0.1, -0.05) is 36.9 Å². The number of piperidine rings is 1. The van der Waals surface area contributed by atoms with Gasteiger partial charge in [-0.15, -0.1) is 0 Å². The van der Waals surface area contributed by atoms with E-state index in [1.54, 1.807) is 6.33 Å². The van der Waals surface area contributed by atoms with Crippen molar-refractivity contribution in [3.63, 3.8) is 0 Å². The van der Waals surface area contributed by atoms with Gasteiger partial charge in [-0.25, -0.2) is 4.98 Å². The van der Waals surface area contributed by atoms with Gasteiger partial charge in [-0.3, -0.25) is 0 Å². The Morgan fingerprint density at radius 1 is 1.10 bits per heavy atom. The zero-order valence-electron chi connectivity index (χ0n) is 16.1. The molecular formula is C23H23Br2N3O. The maximum Gasteiger partial charge on any atom is 0.144 e. The Kier molecular flexibility index (Phi) is 6.11. The summed E-state index contributed by atoms with van der Waals surface area (Å²) in [5, 5.41) is 9.92. The summed E-state index contributed by atoms with van der Waals surface area (Å²) in [6.45, 7) is 6.33. The number of likely N-dealkylation sites (tertiary alicyclic amines) is 1. The first-order valence-electron chi connectivity index (χ1n) is 9.72. The molecule has 6 heteroatoms. The molecule has 2 aromatic carbocycles. The Labute approximate surface area is 188 Å². The lowest BCUT2D eigenvalue weighted by molar-refractivity contribution is 0.254. The third kappa shape index (κ3) is 4.59. The number of hydrogen-bond donors (Lipinski definition) is 1. The summed E-state index contributed by atoms with van der Waals surface area (Å²) in [4.78, 5) is 6.91. The van der Waals surface area contributed by atoms with Crippen LogP contribution in [0.4, 0.5) is 0 Å². The summed E-state index contributed by atoms with van der Waals surface area (Å²) in [5.41, 5.74) is 4.19. The number of phenols is 1. The molecule has 0 bridgehead atoms. The van der Waals surface area contributed by atoms with Crippen LogP contribution in [0.1, 0.15) is 24.1 Å². The molecule has 4 rings (SSSR count). The van der Waals surface area contributed by atoms with Gasteiger partial charge >= 0.3 is 0 Å². The fourth-order valence-corrected chi connectivity index (χ4v) is 4.99. The van der Waals surface area contributed by atoms with E-state index >= 15 is 0 Å². The summed E-state index contributed by atoms with van der Waals surface area (Å²) in [5.74, 6) is 0.919. The number of hydrogen-bond acceptors (Lipinski definition) is 3. The Bertz CT molecular complexity index is 985. The van der Waals surface area contributed by atoms with E-state index in [4.69, 9.17) is 0 Å².